The maximum atomic E-state index is 11.7. The van der Waals surface area contributed by atoms with Gasteiger partial charge in [-0.3, -0.25) is 0 Å². The summed E-state index contributed by atoms with van der Waals surface area (Å²) in [6.45, 7) is 0. The summed E-state index contributed by atoms with van der Waals surface area (Å²) in [5.41, 5.74) is 0. The molecule has 0 spiro atoms. The fourth-order valence-corrected chi connectivity index (χ4v) is 1.80. The molecular formula is C12H10O5S. The van der Waals surface area contributed by atoms with E-state index in [4.69, 9.17) is 9.99 Å². The second-order valence-corrected chi connectivity index (χ2v) is 4.43. The summed E-state index contributed by atoms with van der Waals surface area (Å²) >= 11 is -1.90. The van der Waals surface area contributed by atoms with Crippen LogP contribution in [0.15, 0.2) is 53.4 Å². The van der Waals surface area contributed by atoms with E-state index in [1.807, 2.05) is 6.07 Å². The van der Waals surface area contributed by atoms with Gasteiger partial charge in [0.1, 0.15) is 0 Å². The van der Waals surface area contributed by atoms with Crippen molar-refractivity contribution >= 4 is 11.1 Å². The average Bonchev–Trinajstić information content (AvgIpc) is 2.40. The number of para-hydroxylation sites is 1. The van der Waals surface area contributed by atoms with E-state index in [0.717, 1.165) is 6.07 Å². The summed E-state index contributed by atoms with van der Waals surface area (Å²) in [7, 11) is 0. The van der Waals surface area contributed by atoms with E-state index in [9.17, 15) is 9.32 Å². The van der Waals surface area contributed by atoms with Crippen LogP contribution in [0.5, 0.6) is 17.2 Å². The minimum atomic E-state index is -1.90. The first-order valence-corrected chi connectivity index (χ1v) is 6.08. The highest BCUT2D eigenvalue weighted by Crippen LogP contribution is 2.26. The molecule has 0 aromatic heterocycles. The lowest BCUT2D eigenvalue weighted by Crippen LogP contribution is -2.02. The molecule has 0 aliphatic carbocycles. The lowest BCUT2D eigenvalue weighted by Gasteiger charge is -2.04. The zero-order valence-corrected chi connectivity index (χ0v) is 9.96. The third kappa shape index (κ3) is 2.99. The molecule has 0 radical (unpaired) electrons. The van der Waals surface area contributed by atoms with Gasteiger partial charge >= 0.3 is 0 Å². The summed E-state index contributed by atoms with van der Waals surface area (Å²) in [5, 5.41) is 18.4. The lowest BCUT2D eigenvalue weighted by molar-refractivity contribution is -0.0856. The second kappa shape index (κ2) is 5.52. The average molecular weight is 266 g/mol. The molecule has 94 valence electrons. The van der Waals surface area contributed by atoms with Gasteiger partial charge in [-0.1, -0.05) is 22.5 Å². The Labute approximate surface area is 106 Å². The van der Waals surface area contributed by atoms with Gasteiger partial charge in [-0.15, -0.1) is 0 Å². The molecule has 2 N–H and O–H groups in total. The largest absolute Gasteiger partial charge is 0.504 e. The third-order valence-electron chi connectivity index (χ3n) is 2.07. The summed E-state index contributed by atoms with van der Waals surface area (Å²) in [6.07, 6.45) is 0. The minimum absolute atomic E-state index is 0.182. The van der Waals surface area contributed by atoms with Crippen LogP contribution < -0.4 is 4.89 Å². The lowest BCUT2D eigenvalue weighted by atomic mass is 10.3. The SMILES string of the molecule is O=S(OOc1ccccc1)c1ccc(O)c(O)c1. The zero-order chi connectivity index (χ0) is 13.0. The molecule has 0 fully saturated rings. The topological polar surface area (TPSA) is 76.0 Å². The molecule has 0 aliphatic rings. The molecule has 2 aromatic carbocycles. The third-order valence-corrected chi connectivity index (χ3v) is 2.91. The van der Waals surface area contributed by atoms with Crippen LogP contribution in [0.1, 0.15) is 0 Å². The summed E-state index contributed by atoms with van der Waals surface area (Å²) in [5.74, 6) is -0.252. The second-order valence-electron chi connectivity index (χ2n) is 3.35. The molecule has 2 rings (SSSR count). The molecule has 2 aromatic rings. The quantitative estimate of drug-likeness (QED) is 0.503. The van der Waals surface area contributed by atoms with Gasteiger partial charge in [0, 0.05) is 6.07 Å². The van der Waals surface area contributed by atoms with E-state index in [1.54, 1.807) is 24.3 Å². The van der Waals surface area contributed by atoms with E-state index in [2.05, 4.69) is 4.33 Å². The van der Waals surface area contributed by atoms with Crippen molar-refractivity contribution in [1.82, 2.24) is 0 Å². The van der Waals surface area contributed by atoms with Crippen LogP contribution in [0.25, 0.3) is 0 Å². The van der Waals surface area contributed by atoms with Crippen molar-refractivity contribution in [3.63, 3.8) is 0 Å². The number of phenols is 2. The number of aromatic hydroxyl groups is 2. The first-order valence-electron chi connectivity index (χ1n) is 5.00. The molecule has 0 heterocycles. The fourth-order valence-electron chi connectivity index (χ4n) is 1.19. The smallest absolute Gasteiger partial charge is 0.232 e. The Hall–Kier alpha value is -2.05. The molecule has 0 saturated carbocycles. The van der Waals surface area contributed by atoms with Gasteiger partial charge in [-0.05, 0) is 24.3 Å². The van der Waals surface area contributed by atoms with Crippen molar-refractivity contribution in [2.75, 3.05) is 0 Å². The molecule has 1 atom stereocenters. The maximum Gasteiger partial charge on any atom is 0.232 e. The Balaban J connectivity index is 2.02. The van der Waals surface area contributed by atoms with Crippen LogP contribution >= 0.6 is 0 Å². The first kappa shape index (κ1) is 12.4. The van der Waals surface area contributed by atoms with E-state index in [-0.39, 0.29) is 16.4 Å². The van der Waals surface area contributed by atoms with Crippen LogP contribution in [0.3, 0.4) is 0 Å². The van der Waals surface area contributed by atoms with E-state index < -0.39 is 11.1 Å². The van der Waals surface area contributed by atoms with E-state index in [0.29, 0.717) is 5.75 Å². The molecule has 0 bridgehead atoms. The minimum Gasteiger partial charge on any atom is -0.504 e. The fraction of sp³-hybridized carbons (Fsp3) is 0. The van der Waals surface area contributed by atoms with Crippen molar-refractivity contribution < 1.29 is 23.6 Å². The predicted molar refractivity (Wildman–Crippen MR) is 64.3 cm³/mol. The number of rotatable bonds is 4. The van der Waals surface area contributed by atoms with Crippen LogP contribution in [0.4, 0.5) is 0 Å². The highest BCUT2D eigenvalue weighted by Gasteiger charge is 2.09. The van der Waals surface area contributed by atoms with Crippen LogP contribution in [0.2, 0.25) is 0 Å². The van der Waals surface area contributed by atoms with Crippen molar-refractivity contribution in [2.45, 2.75) is 4.90 Å². The summed E-state index contributed by atoms with van der Waals surface area (Å²) in [6, 6.07) is 12.3. The highest BCUT2D eigenvalue weighted by atomic mass is 32.2. The van der Waals surface area contributed by atoms with Crippen molar-refractivity contribution in [3.05, 3.63) is 48.5 Å². The Kier molecular flexibility index (Phi) is 3.81. The monoisotopic (exact) mass is 266 g/mol. The molecule has 1 unspecified atom stereocenters. The van der Waals surface area contributed by atoms with Gasteiger partial charge in [0.15, 0.2) is 17.2 Å². The van der Waals surface area contributed by atoms with Crippen LogP contribution in [0, 0.1) is 0 Å². The van der Waals surface area contributed by atoms with Crippen molar-refractivity contribution in [3.8, 4) is 17.2 Å². The predicted octanol–water partition coefficient (Wildman–Crippen LogP) is 2.13. The standard InChI is InChI=1S/C12H10O5S/c13-11-7-6-10(8-12(11)14)18(15)17-16-9-4-2-1-3-5-9/h1-8,13-14H. The maximum absolute atomic E-state index is 11.7. The molecule has 0 aliphatic heterocycles. The summed E-state index contributed by atoms with van der Waals surface area (Å²) in [4.78, 5) is 5.03. The molecule has 0 amide bonds. The molecule has 5 nitrogen and oxygen atoms in total. The van der Waals surface area contributed by atoms with E-state index in [1.165, 1.54) is 12.1 Å². The number of hydrogen-bond acceptors (Lipinski definition) is 5. The first-order chi connectivity index (χ1) is 8.66. The molecule has 0 saturated heterocycles. The number of hydrogen-bond donors (Lipinski definition) is 2. The van der Waals surface area contributed by atoms with Gasteiger partial charge < -0.3 is 15.1 Å². The van der Waals surface area contributed by atoms with Crippen molar-refractivity contribution in [1.29, 1.82) is 0 Å². The molecule has 18 heavy (non-hydrogen) atoms. The summed E-state index contributed by atoms with van der Waals surface area (Å²) < 4.78 is 16.3. The zero-order valence-electron chi connectivity index (χ0n) is 9.15. The Morgan fingerprint density at radius 1 is 0.944 bits per heavy atom. The van der Waals surface area contributed by atoms with E-state index >= 15 is 0 Å². The Bertz CT molecular complexity index is 556. The van der Waals surface area contributed by atoms with Crippen LogP contribution in [-0.4, -0.2) is 14.4 Å². The normalized spacial score (nSPS) is 12.0. The molecular weight excluding hydrogens is 256 g/mol. The van der Waals surface area contributed by atoms with Crippen molar-refractivity contribution in [2.24, 2.45) is 0 Å². The van der Waals surface area contributed by atoms with Gasteiger partial charge in [0.05, 0.1) is 4.90 Å². The van der Waals surface area contributed by atoms with Gasteiger partial charge in [0.25, 0.3) is 0 Å². The number of phenolic OH excluding ortho intramolecular Hbond substituents is 2. The Morgan fingerprint density at radius 2 is 1.67 bits per heavy atom. The highest BCUT2D eigenvalue weighted by molar-refractivity contribution is 7.80. The van der Waals surface area contributed by atoms with Gasteiger partial charge in [-0.25, -0.2) is 4.21 Å². The van der Waals surface area contributed by atoms with Gasteiger partial charge in [0.2, 0.25) is 11.1 Å². The Morgan fingerprint density at radius 3 is 2.33 bits per heavy atom. The van der Waals surface area contributed by atoms with Gasteiger partial charge in [-0.2, -0.15) is 0 Å². The number of benzene rings is 2. The van der Waals surface area contributed by atoms with Crippen LogP contribution in [-0.2, 0) is 15.4 Å². The molecule has 6 heteroatoms.